The number of methoxy groups -OCH3 is 1. The number of aromatic nitrogens is 2. The Hall–Kier alpha value is -1.73. The molecule has 0 atom stereocenters. The Kier molecular flexibility index (Phi) is 6.54. The van der Waals surface area contributed by atoms with Gasteiger partial charge < -0.3 is 19.9 Å². The lowest BCUT2D eigenvalue weighted by atomic mass is 10.3. The summed E-state index contributed by atoms with van der Waals surface area (Å²) >= 11 is 0. The number of ether oxygens (including phenoxy) is 1. The van der Waals surface area contributed by atoms with Gasteiger partial charge in [0.1, 0.15) is 0 Å². The number of carbonyl (C=O) groups is 1. The second kappa shape index (κ2) is 8.65. The number of nitrogens with one attached hydrogen (secondary N) is 1. The highest BCUT2D eigenvalue weighted by Gasteiger charge is 2.18. The highest BCUT2D eigenvalue weighted by Crippen LogP contribution is 2.10. The van der Waals surface area contributed by atoms with Crippen molar-refractivity contribution < 1.29 is 9.53 Å². The normalized spacial score (nSPS) is 15.8. The molecule has 22 heavy (non-hydrogen) atoms. The van der Waals surface area contributed by atoms with Gasteiger partial charge in [0.05, 0.1) is 5.56 Å². The Balaban J connectivity index is 1.83. The first-order valence-electron chi connectivity index (χ1n) is 7.81. The van der Waals surface area contributed by atoms with E-state index in [-0.39, 0.29) is 5.91 Å². The van der Waals surface area contributed by atoms with E-state index in [2.05, 4.69) is 32.0 Å². The summed E-state index contributed by atoms with van der Waals surface area (Å²) in [6, 6.07) is 0. The van der Waals surface area contributed by atoms with Crippen molar-refractivity contribution in [1.29, 1.82) is 0 Å². The molecule has 1 aliphatic rings. The van der Waals surface area contributed by atoms with Crippen molar-refractivity contribution in [2.45, 2.75) is 13.3 Å². The number of piperazine rings is 1. The van der Waals surface area contributed by atoms with Gasteiger partial charge in [0, 0.05) is 58.8 Å². The minimum Gasteiger partial charge on any atom is -0.385 e. The maximum Gasteiger partial charge on any atom is 0.254 e. The molecule has 0 spiro atoms. The lowest BCUT2D eigenvalue weighted by Crippen LogP contribution is -2.46. The number of likely N-dealkylation sites (N-methyl/N-ethyl adjacent to an activating group) is 1. The summed E-state index contributed by atoms with van der Waals surface area (Å²) in [7, 11) is 1.65. The molecule has 0 aromatic carbocycles. The van der Waals surface area contributed by atoms with Crippen LogP contribution in [0.1, 0.15) is 23.7 Å². The highest BCUT2D eigenvalue weighted by molar-refractivity contribution is 5.93. The largest absolute Gasteiger partial charge is 0.385 e. The van der Waals surface area contributed by atoms with Gasteiger partial charge in [-0.3, -0.25) is 4.79 Å². The Labute approximate surface area is 131 Å². The number of hydrogen-bond acceptors (Lipinski definition) is 6. The molecule has 0 aliphatic carbocycles. The van der Waals surface area contributed by atoms with Crippen LogP contribution in [-0.4, -0.2) is 73.8 Å². The molecule has 1 amide bonds. The van der Waals surface area contributed by atoms with Crippen LogP contribution in [0.25, 0.3) is 0 Å². The summed E-state index contributed by atoms with van der Waals surface area (Å²) in [4.78, 5) is 25.1. The van der Waals surface area contributed by atoms with Gasteiger partial charge in [0.25, 0.3) is 5.91 Å². The van der Waals surface area contributed by atoms with Crippen molar-refractivity contribution in [3.8, 4) is 0 Å². The fourth-order valence-corrected chi connectivity index (χ4v) is 2.39. The van der Waals surface area contributed by atoms with Crippen LogP contribution in [0, 0.1) is 0 Å². The molecule has 1 saturated heterocycles. The lowest BCUT2D eigenvalue weighted by molar-refractivity contribution is 0.0948. The van der Waals surface area contributed by atoms with Crippen LogP contribution in [-0.2, 0) is 4.74 Å². The number of amides is 1. The molecule has 1 N–H and O–H groups in total. The Bertz CT molecular complexity index is 458. The lowest BCUT2D eigenvalue weighted by Gasteiger charge is -2.33. The summed E-state index contributed by atoms with van der Waals surface area (Å²) in [5, 5.41) is 2.83. The quantitative estimate of drug-likeness (QED) is 0.735. The second-order valence-corrected chi connectivity index (χ2v) is 5.30. The SMILES string of the molecule is CCN1CCN(c2ncc(C(=O)NCCCOC)cn2)CC1. The number of nitrogens with zero attached hydrogens (tertiary/aromatic N) is 4. The summed E-state index contributed by atoms with van der Waals surface area (Å²) in [6.07, 6.45) is 3.99. The molecule has 2 rings (SSSR count). The zero-order chi connectivity index (χ0) is 15.8. The molecule has 1 fully saturated rings. The predicted octanol–water partition coefficient (Wildman–Crippen LogP) is 0.385. The summed E-state index contributed by atoms with van der Waals surface area (Å²) in [5.41, 5.74) is 0.494. The van der Waals surface area contributed by atoms with Crippen molar-refractivity contribution in [2.75, 3.05) is 57.9 Å². The van der Waals surface area contributed by atoms with Gasteiger partial charge in [-0.25, -0.2) is 9.97 Å². The zero-order valence-corrected chi connectivity index (χ0v) is 13.4. The van der Waals surface area contributed by atoms with E-state index in [4.69, 9.17) is 4.74 Å². The van der Waals surface area contributed by atoms with Gasteiger partial charge in [0.2, 0.25) is 5.95 Å². The fraction of sp³-hybridized carbons (Fsp3) is 0.667. The molecule has 0 saturated carbocycles. The van der Waals surface area contributed by atoms with Gasteiger partial charge in [-0.15, -0.1) is 0 Å². The van der Waals surface area contributed by atoms with Gasteiger partial charge in [-0.05, 0) is 13.0 Å². The highest BCUT2D eigenvalue weighted by atomic mass is 16.5. The standard InChI is InChI=1S/C15H25N5O2/c1-3-19-6-8-20(9-7-19)15-17-11-13(12-18-15)14(21)16-5-4-10-22-2/h11-12H,3-10H2,1-2H3,(H,16,21). The molecule has 0 bridgehead atoms. The van der Waals surface area contributed by atoms with E-state index in [0.29, 0.717) is 24.7 Å². The van der Waals surface area contributed by atoms with E-state index < -0.39 is 0 Å². The van der Waals surface area contributed by atoms with E-state index in [1.54, 1.807) is 19.5 Å². The molecule has 0 unspecified atom stereocenters. The number of rotatable bonds is 7. The molecule has 7 nitrogen and oxygen atoms in total. The second-order valence-electron chi connectivity index (χ2n) is 5.30. The predicted molar refractivity (Wildman–Crippen MR) is 85.2 cm³/mol. The van der Waals surface area contributed by atoms with E-state index in [1.165, 1.54) is 0 Å². The minimum atomic E-state index is -0.140. The van der Waals surface area contributed by atoms with Crippen LogP contribution in [0.2, 0.25) is 0 Å². The van der Waals surface area contributed by atoms with Crippen molar-refractivity contribution >= 4 is 11.9 Å². The van der Waals surface area contributed by atoms with E-state index in [9.17, 15) is 4.79 Å². The van der Waals surface area contributed by atoms with E-state index in [1.807, 2.05) is 0 Å². The molecule has 0 radical (unpaired) electrons. The Morgan fingerprint density at radius 1 is 1.27 bits per heavy atom. The van der Waals surface area contributed by atoms with Gasteiger partial charge in [-0.1, -0.05) is 6.92 Å². The first-order valence-corrected chi connectivity index (χ1v) is 7.81. The van der Waals surface area contributed by atoms with Crippen molar-refractivity contribution in [3.63, 3.8) is 0 Å². The summed E-state index contributed by atoms with van der Waals surface area (Å²) in [6.45, 7) is 8.39. The smallest absolute Gasteiger partial charge is 0.254 e. The molecule has 7 heteroatoms. The van der Waals surface area contributed by atoms with Gasteiger partial charge in [0.15, 0.2) is 0 Å². The monoisotopic (exact) mass is 307 g/mol. The average Bonchev–Trinajstić information content (AvgIpc) is 2.59. The van der Waals surface area contributed by atoms with Crippen molar-refractivity contribution in [1.82, 2.24) is 20.2 Å². The third-order valence-electron chi connectivity index (χ3n) is 3.81. The maximum atomic E-state index is 11.9. The molecule has 122 valence electrons. The third-order valence-corrected chi connectivity index (χ3v) is 3.81. The topological polar surface area (TPSA) is 70.6 Å². The average molecular weight is 307 g/mol. The van der Waals surface area contributed by atoms with Crippen LogP contribution in [0.3, 0.4) is 0 Å². The summed E-state index contributed by atoms with van der Waals surface area (Å²) < 4.78 is 4.94. The van der Waals surface area contributed by atoms with Crippen molar-refractivity contribution in [3.05, 3.63) is 18.0 Å². The van der Waals surface area contributed by atoms with Crippen LogP contribution in [0.4, 0.5) is 5.95 Å². The van der Waals surface area contributed by atoms with Crippen LogP contribution in [0.5, 0.6) is 0 Å². The van der Waals surface area contributed by atoms with Crippen LogP contribution in [0.15, 0.2) is 12.4 Å². The minimum absolute atomic E-state index is 0.140. The molecule has 1 aliphatic heterocycles. The maximum absolute atomic E-state index is 11.9. The van der Waals surface area contributed by atoms with Crippen molar-refractivity contribution in [2.24, 2.45) is 0 Å². The molecule has 2 heterocycles. The third kappa shape index (κ3) is 4.64. The molecular formula is C15H25N5O2. The molecular weight excluding hydrogens is 282 g/mol. The van der Waals surface area contributed by atoms with Gasteiger partial charge in [-0.2, -0.15) is 0 Å². The molecule has 1 aromatic rings. The number of hydrogen-bond donors (Lipinski definition) is 1. The van der Waals surface area contributed by atoms with E-state index in [0.717, 1.165) is 39.1 Å². The first-order chi connectivity index (χ1) is 10.7. The van der Waals surface area contributed by atoms with Crippen LogP contribution >= 0.6 is 0 Å². The van der Waals surface area contributed by atoms with E-state index >= 15 is 0 Å². The first kappa shape index (κ1) is 16.6. The number of anilines is 1. The van der Waals surface area contributed by atoms with Gasteiger partial charge >= 0.3 is 0 Å². The number of carbonyl (C=O) groups excluding carboxylic acids is 1. The summed E-state index contributed by atoms with van der Waals surface area (Å²) in [5.74, 6) is 0.560. The van der Waals surface area contributed by atoms with Crippen LogP contribution < -0.4 is 10.2 Å². The fourth-order valence-electron chi connectivity index (χ4n) is 2.39. The Morgan fingerprint density at radius 2 is 1.95 bits per heavy atom. The Morgan fingerprint density at radius 3 is 2.55 bits per heavy atom. The molecule has 1 aromatic heterocycles. The zero-order valence-electron chi connectivity index (χ0n) is 13.4.